The Morgan fingerprint density at radius 2 is 1.83 bits per heavy atom. The van der Waals surface area contributed by atoms with Crippen LogP contribution in [0.1, 0.15) is 0 Å². The topological polar surface area (TPSA) is 124 Å². The molecule has 1 heterocycles. The molecule has 0 spiro atoms. The van der Waals surface area contributed by atoms with Crippen LogP contribution < -0.4 is 9.46 Å². The fraction of sp³-hybridized carbons (Fsp3) is 0.111. The third-order valence-electron chi connectivity index (χ3n) is 3.77. The first-order chi connectivity index (χ1) is 13.9. The number of nitro groups is 1. The minimum Gasteiger partial charge on any atom is -0.475 e. The number of aromatic nitrogens is 2. The molecule has 0 aliphatic carbocycles. The van der Waals surface area contributed by atoms with Crippen LogP contribution in [0.3, 0.4) is 0 Å². The number of hydrogen-bond donors (Lipinski definition) is 1. The van der Waals surface area contributed by atoms with Gasteiger partial charge in [0.25, 0.3) is 5.69 Å². The second-order valence-electron chi connectivity index (χ2n) is 5.74. The Balaban J connectivity index is 1.57. The zero-order chi connectivity index (χ0) is 20.9. The Hall–Kier alpha value is -3.08. The van der Waals surface area contributed by atoms with Crippen LogP contribution in [0.4, 0.5) is 5.69 Å². The lowest BCUT2D eigenvalue weighted by Crippen LogP contribution is -2.28. The third-order valence-corrected chi connectivity index (χ3v) is 5.71. The molecule has 0 unspecified atom stereocenters. The van der Waals surface area contributed by atoms with Crippen molar-refractivity contribution in [2.75, 3.05) is 13.2 Å². The van der Waals surface area contributed by atoms with Crippen LogP contribution in [-0.2, 0) is 10.0 Å². The Kier molecular flexibility index (Phi) is 6.37. The van der Waals surface area contributed by atoms with Crippen LogP contribution in [0.2, 0.25) is 5.02 Å². The molecule has 9 nitrogen and oxygen atoms in total. The quantitative estimate of drug-likeness (QED) is 0.328. The van der Waals surface area contributed by atoms with Crippen molar-refractivity contribution in [2.45, 2.75) is 4.90 Å². The van der Waals surface area contributed by atoms with E-state index in [1.165, 1.54) is 0 Å². The number of nitrogens with one attached hydrogen (secondary N) is 1. The Morgan fingerprint density at radius 1 is 1.07 bits per heavy atom. The largest absolute Gasteiger partial charge is 0.475 e. The van der Waals surface area contributed by atoms with Gasteiger partial charge in [0.15, 0.2) is 0 Å². The van der Waals surface area contributed by atoms with Gasteiger partial charge in [0.1, 0.15) is 11.5 Å². The maximum absolute atomic E-state index is 12.3. The SMILES string of the molecule is O=[N+]([O-])c1ccc(Cl)c(S(=O)(=O)NCCOc2ccc(-c3ccccc3)nn2)c1. The van der Waals surface area contributed by atoms with Gasteiger partial charge in [-0.25, -0.2) is 13.1 Å². The van der Waals surface area contributed by atoms with Gasteiger partial charge >= 0.3 is 0 Å². The van der Waals surface area contributed by atoms with Gasteiger partial charge in [-0.15, -0.1) is 10.2 Å². The summed E-state index contributed by atoms with van der Waals surface area (Å²) >= 11 is 5.87. The van der Waals surface area contributed by atoms with Crippen molar-refractivity contribution in [3.63, 3.8) is 0 Å². The molecule has 1 aromatic heterocycles. The lowest BCUT2D eigenvalue weighted by Gasteiger charge is -2.09. The highest BCUT2D eigenvalue weighted by molar-refractivity contribution is 7.89. The van der Waals surface area contributed by atoms with Crippen molar-refractivity contribution in [3.8, 4) is 17.1 Å². The van der Waals surface area contributed by atoms with E-state index in [9.17, 15) is 18.5 Å². The van der Waals surface area contributed by atoms with E-state index >= 15 is 0 Å². The summed E-state index contributed by atoms with van der Waals surface area (Å²) < 4.78 is 32.3. The van der Waals surface area contributed by atoms with Crippen LogP contribution in [-0.4, -0.2) is 36.7 Å². The molecule has 0 amide bonds. The number of hydrogen-bond acceptors (Lipinski definition) is 7. The molecule has 0 saturated heterocycles. The van der Waals surface area contributed by atoms with E-state index in [2.05, 4.69) is 14.9 Å². The van der Waals surface area contributed by atoms with E-state index < -0.39 is 14.9 Å². The van der Waals surface area contributed by atoms with Gasteiger partial charge < -0.3 is 4.74 Å². The first kappa shape index (κ1) is 20.6. The van der Waals surface area contributed by atoms with E-state index in [0.717, 1.165) is 23.8 Å². The molecule has 0 bridgehead atoms. The summed E-state index contributed by atoms with van der Waals surface area (Å²) in [6.45, 7) is -0.116. The van der Waals surface area contributed by atoms with E-state index in [4.69, 9.17) is 16.3 Å². The molecule has 0 fully saturated rings. The van der Waals surface area contributed by atoms with Crippen LogP contribution in [0.5, 0.6) is 5.88 Å². The summed E-state index contributed by atoms with van der Waals surface area (Å²) in [5, 5.41) is 18.7. The molecule has 29 heavy (non-hydrogen) atoms. The lowest BCUT2D eigenvalue weighted by molar-refractivity contribution is -0.385. The highest BCUT2D eigenvalue weighted by atomic mass is 35.5. The number of sulfonamides is 1. The summed E-state index contributed by atoms with van der Waals surface area (Å²) in [6.07, 6.45) is 0. The predicted molar refractivity (Wildman–Crippen MR) is 106 cm³/mol. The standard InChI is InChI=1S/C18H15ClN4O5S/c19-15-7-6-14(23(24)25)12-17(15)29(26,27)20-10-11-28-18-9-8-16(21-22-18)13-4-2-1-3-5-13/h1-9,12,20H,10-11H2. The summed E-state index contributed by atoms with van der Waals surface area (Å²) in [7, 11) is -4.05. The fourth-order valence-corrected chi connectivity index (χ4v) is 3.91. The van der Waals surface area contributed by atoms with E-state index in [1.807, 2.05) is 30.3 Å². The van der Waals surface area contributed by atoms with Crippen molar-refractivity contribution in [1.82, 2.24) is 14.9 Å². The average molecular weight is 435 g/mol. The molecule has 3 aromatic rings. The lowest BCUT2D eigenvalue weighted by atomic mass is 10.1. The number of nitro benzene ring substituents is 1. The van der Waals surface area contributed by atoms with E-state index in [1.54, 1.807) is 12.1 Å². The zero-order valence-electron chi connectivity index (χ0n) is 14.9. The van der Waals surface area contributed by atoms with E-state index in [-0.39, 0.29) is 34.6 Å². The number of rotatable bonds is 8. The van der Waals surface area contributed by atoms with Crippen LogP contribution in [0, 0.1) is 10.1 Å². The molecule has 1 N–H and O–H groups in total. The highest BCUT2D eigenvalue weighted by Gasteiger charge is 2.21. The highest BCUT2D eigenvalue weighted by Crippen LogP contribution is 2.26. The summed E-state index contributed by atoms with van der Waals surface area (Å²) in [5.41, 5.74) is 1.21. The maximum Gasteiger partial charge on any atom is 0.270 e. The summed E-state index contributed by atoms with van der Waals surface area (Å²) in [4.78, 5) is 9.76. The minimum absolute atomic E-state index is 0.0227. The second-order valence-corrected chi connectivity index (χ2v) is 7.88. The predicted octanol–water partition coefficient (Wildman–Crippen LogP) is 3.06. The van der Waals surface area contributed by atoms with Gasteiger partial charge in [-0.05, 0) is 12.1 Å². The molecule has 0 saturated carbocycles. The van der Waals surface area contributed by atoms with Gasteiger partial charge in [-0.2, -0.15) is 0 Å². The molecule has 0 aliphatic rings. The molecule has 0 atom stereocenters. The summed E-state index contributed by atoms with van der Waals surface area (Å²) in [6, 6.07) is 16.0. The fourth-order valence-electron chi connectivity index (χ4n) is 2.38. The van der Waals surface area contributed by atoms with Crippen molar-refractivity contribution in [2.24, 2.45) is 0 Å². The van der Waals surface area contributed by atoms with Gasteiger partial charge in [0.2, 0.25) is 15.9 Å². The number of nitrogens with zero attached hydrogens (tertiary/aromatic N) is 3. The normalized spacial score (nSPS) is 11.2. The zero-order valence-corrected chi connectivity index (χ0v) is 16.4. The van der Waals surface area contributed by atoms with Crippen molar-refractivity contribution in [3.05, 3.63) is 75.8 Å². The first-order valence-electron chi connectivity index (χ1n) is 8.32. The monoisotopic (exact) mass is 434 g/mol. The molecule has 0 radical (unpaired) electrons. The minimum atomic E-state index is -4.05. The molecule has 150 valence electrons. The van der Waals surface area contributed by atoms with Gasteiger partial charge in [-0.1, -0.05) is 41.9 Å². The van der Waals surface area contributed by atoms with Crippen molar-refractivity contribution in [1.29, 1.82) is 0 Å². The van der Waals surface area contributed by atoms with Gasteiger partial charge in [-0.3, -0.25) is 10.1 Å². The smallest absolute Gasteiger partial charge is 0.270 e. The van der Waals surface area contributed by atoms with Crippen molar-refractivity contribution < 1.29 is 18.1 Å². The first-order valence-corrected chi connectivity index (χ1v) is 10.2. The summed E-state index contributed by atoms with van der Waals surface area (Å²) in [5.74, 6) is 0.234. The number of ether oxygens (including phenoxy) is 1. The maximum atomic E-state index is 12.3. The van der Waals surface area contributed by atoms with Crippen LogP contribution in [0.15, 0.2) is 65.6 Å². The Labute approximate surface area is 171 Å². The van der Waals surface area contributed by atoms with Crippen molar-refractivity contribution >= 4 is 27.3 Å². The average Bonchev–Trinajstić information content (AvgIpc) is 2.72. The van der Waals surface area contributed by atoms with Crippen LogP contribution in [0.25, 0.3) is 11.3 Å². The molecule has 3 rings (SSSR count). The number of benzene rings is 2. The van der Waals surface area contributed by atoms with Gasteiger partial charge in [0, 0.05) is 30.3 Å². The molecule has 0 aliphatic heterocycles. The van der Waals surface area contributed by atoms with E-state index in [0.29, 0.717) is 5.69 Å². The molecular weight excluding hydrogens is 420 g/mol. The second kappa shape index (κ2) is 8.95. The number of non-ortho nitro benzene ring substituents is 1. The molecule has 2 aromatic carbocycles. The van der Waals surface area contributed by atoms with Gasteiger partial charge in [0.05, 0.1) is 15.6 Å². The van der Waals surface area contributed by atoms with Crippen LogP contribution >= 0.6 is 11.6 Å². The third kappa shape index (κ3) is 5.25. The Morgan fingerprint density at radius 3 is 2.48 bits per heavy atom. The number of halogens is 1. The molecular formula is C18H15ClN4O5S. The Bertz CT molecular complexity index is 1110. The molecule has 11 heteroatoms.